The monoisotopic (exact) mass is 397 g/mol. The minimum atomic E-state index is -0.456. The minimum Gasteiger partial charge on any atom is -0.352 e. The quantitative estimate of drug-likeness (QED) is 0.660. The summed E-state index contributed by atoms with van der Waals surface area (Å²) in [6, 6.07) is 12.8. The zero-order valence-corrected chi connectivity index (χ0v) is 16.5. The highest BCUT2D eigenvalue weighted by molar-refractivity contribution is 6.04. The van der Waals surface area contributed by atoms with Gasteiger partial charge in [-0.15, -0.1) is 0 Å². The van der Waals surface area contributed by atoms with E-state index < -0.39 is 5.82 Å². The van der Waals surface area contributed by atoms with Crippen LogP contribution in [-0.2, 0) is 11.3 Å². The Labute approximate surface area is 170 Å². The van der Waals surface area contributed by atoms with Gasteiger partial charge in [0.25, 0.3) is 5.91 Å². The van der Waals surface area contributed by atoms with E-state index in [0.717, 1.165) is 31.2 Å². The van der Waals surface area contributed by atoms with Gasteiger partial charge in [0.1, 0.15) is 5.82 Å². The van der Waals surface area contributed by atoms with Crippen molar-refractivity contribution in [3.8, 4) is 0 Å². The van der Waals surface area contributed by atoms with Crippen LogP contribution in [0.15, 0.2) is 48.5 Å². The Bertz CT molecular complexity index is 863. The van der Waals surface area contributed by atoms with Gasteiger partial charge in [-0.2, -0.15) is 0 Å². The number of benzene rings is 2. The summed E-state index contributed by atoms with van der Waals surface area (Å²) in [7, 11) is 0. The summed E-state index contributed by atoms with van der Waals surface area (Å²) >= 11 is 0. The number of halogens is 1. The summed E-state index contributed by atoms with van der Waals surface area (Å²) in [6.07, 6.45) is 5.98. The molecule has 0 aromatic heterocycles. The topological polar surface area (TPSA) is 84.2 Å². The average molecular weight is 397 g/mol. The molecule has 4 N–H and O–H groups in total. The van der Waals surface area contributed by atoms with E-state index in [0.29, 0.717) is 25.2 Å². The number of amides is 2. The van der Waals surface area contributed by atoms with Crippen molar-refractivity contribution < 1.29 is 14.0 Å². The molecule has 1 aliphatic rings. The molecule has 0 heterocycles. The molecule has 29 heavy (non-hydrogen) atoms. The summed E-state index contributed by atoms with van der Waals surface area (Å²) in [5.41, 5.74) is 7.63. The molecule has 2 amide bonds. The summed E-state index contributed by atoms with van der Waals surface area (Å²) in [5.74, 6) is -0.832. The maximum Gasteiger partial charge on any atom is 0.255 e. The number of nitrogens with two attached hydrogens (primary N) is 1. The number of nitrogens with one attached hydrogen (secondary N) is 2. The van der Waals surface area contributed by atoms with Gasteiger partial charge in [-0.25, -0.2) is 4.39 Å². The van der Waals surface area contributed by atoms with E-state index >= 15 is 0 Å². The molecule has 3 rings (SSSR count). The number of anilines is 1. The van der Waals surface area contributed by atoms with Crippen LogP contribution in [0.25, 0.3) is 0 Å². The smallest absolute Gasteiger partial charge is 0.255 e. The second-order valence-corrected chi connectivity index (χ2v) is 7.88. The van der Waals surface area contributed by atoms with Crippen molar-refractivity contribution >= 4 is 17.5 Å². The Hall–Kier alpha value is -2.73. The molecule has 0 radical (unpaired) electrons. The Kier molecular flexibility index (Phi) is 6.99. The van der Waals surface area contributed by atoms with Gasteiger partial charge in [-0.05, 0) is 60.7 Å². The van der Waals surface area contributed by atoms with Gasteiger partial charge in [0.2, 0.25) is 5.91 Å². The van der Waals surface area contributed by atoms with Crippen molar-refractivity contribution in [1.29, 1.82) is 0 Å². The lowest BCUT2D eigenvalue weighted by molar-refractivity contribution is -0.124. The standard InChI is InChI=1S/C23H28FN3O2/c24-19-8-5-7-18(13-19)22(29)27-20-9-4-6-17(12-20)15-26-21(28)14-23(16-25)10-2-1-3-11-23/h4-9,12-13H,1-3,10-11,14-16,25H2,(H,26,28)(H,27,29). The zero-order valence-electron chi connectivity index (χ0n) is 16.5. The van der Waals surface area contributed by atoms with Crippen LogP contribution in [0.2, 0.25) is 0 Å². The van der Waals surface area contributed by atoms with Crippen molar-refractivity contribution in [2.45, 2.75) is 45.1 Å². The molecule has 0 unspecified atom stereocenters. The van der Waals surface area contributed by atoms with Gasteiger partial charge < -0.3 is 16.4 Å². The van der Waals surface area contributed by atoms with Crippen molar-refractivity contribution in [2.75, 3.05) is 11.9 Å². The fraction of sp³-hybridized carbons (Fsp3) is 0.391. The molecule has 0 spiro atoms. The molecule has 0 atom stereocenters. The van der Waals surface area contributed by atoms with Crippen LogP contribution in [0.3, 0.4) is 0 Å². The fourth-order valence-electron chi connectivity index (χ4n) is 3.95. The van der Waals surface area contributed by atoms with E-state index in [1.807, 2.05) is 12.1 Å². The van der Waals surface area contributed by atoms with Crippen LogP contribution in [0.1, 0.15) is 54.4 Å². The van der Waals surface area contributed by atoms with E-state index in [4.69, 9.17) is 5.73 Å². The second-order valence-electron chi connectivity index (χ2n) is 7.88. The molecule has 0 saturated heterocycles. The van der Waals surface area contributed by atoms with Crippen molar-refractivity contribution in [3.05, 3.63) is 65.5 Å². The van der Waals surface area contributed by atoms with E-state index in [-0.39, 0.29) is 22.8 Å². The lowest BCUT2D eigenvalue weighted by Crippen LogP contribution is -2.38. The molecule has 6 heteroatoms. The highest BCUT2D eigenvalue weighted by atomic mass is 19.1. The zero-order chi connectivity index (χ0) is 20.7. The van der Waals surface area contributed by atoms with E-state index in [1.165, 1.54) is 24.6 Å². The highest BCUT2D eigenvalue weighted by Crippen LogP contribution is 2.38. The molecule has 154 valence electrons. The van der Waals surface area contributed by atoms with Crippen LogP contribution < -0.4 is 16.4 Å². The normalized spacial score (nSPS) is 15.5. The Morgan fingerprint density at radius 3 is 2.52 bits per heavy atom. The third-order valence-corrected chi connectivity index (χ3v) is 5.64. The third-order valence-electron chi connectivity index (χ3n) is 5.64. The number of hydrogen-bond donors (Lipinski definition) is 3. The first-order chi connectivity index (χ1) is 14.0. The highest BCUT2D eigenvalue weighted by Gasteiger charge is 2.32. The van der Waals surface area contributed by atoms with Gasteiger partial charge in [-0.3, -0.25) is 9.59 Å². The molecule has 0 bridgehead atoms. The van der Waals surface area contributed by atoms with Crippen molar-refractivity contribution in [1.82, 2.24) is 5.32 Å². The molecule has 1 saturated carbocycles. The van der Waals surface area contributed by atoms with Crippen molar-refractivity contribution in [2.24, 2.45) is 11.1 Å². The van der Waals surface area contributed by atoms with Crippen LogP contribution >= 0.6 is 0 Å². The number of carbonyl (C=O) groups excluding carboxylic acids is 2. The number of hydrogen-bond acceptors (Lipinski definition) is 3. The first-order valence-corrected chi connectivity index (χ1v) is 10.1. The van der Waals surface area contributed by atoms with E-state index in [9.17, 15) is 14.0 Å². The number of carbonyl (C=O) groups is 2. The van der Waals surface area contributed by atoms with Gasteiger partial charge in [0.15, 0.2) is 0 Å². The molecule has 2 aromatic rings. The van der Waals surface area contributed by atoms with Gasteiger partial charge in [0, 0.05) is 24.2 Å². The van der Waals surface area contributed by atoms with Crippen molar-refractivity contribution in [3.63, 3.8) is 0 Å². The first-order valence-electron chi connectivity index (χ1n) is 10.1. The Balaban J connectivity index is 1.55. The average Bonchev–Trinajstić information content (AvgIpc) is 2.73. The molecule has 1 aliphatic carbocycles. The predicted octanol–water partition coefficient (Wildman–Crippen LogP) is 3.99. The summed E-state index contributed by atoms with van der Waals surface area (Å²) in [4.78, 5) is 24.7. The molecule has 2 aromatic carbocycles. The van der Waals surface area contributed by atoms with Crippen LogP contribution in [-0.4, -0.2) is 18.4 Å². The molecular weight excluding hydrogens is 369 g/mol. The molecule has 5 nitrogen and oxygen atoms in total. The maximum atomic E-state index is 13.3. The van der Waals surface area contributed by atoms with Gasteiger partial charge in [-0.1, -0.05) is 37.5 Å². The van der Waals surface area contributed by atoms with Gasteiger partial charge >= 0.3 is 0 Å². The SMILES string of the molecule is NCC1(CC(=O)NCc2cccc(NC(=O)c3cccc(F)c3)c2)CCCCC1. The Morgan fingerprint density at radius 1 is 1.03 bits per heavy atom. The first kappa shape index (κ1) is 21.0. The van der Waals surface area contributed by atoms with Crippen LogP contribution in [0.5, 0.6) is 0 Å². The summed E-state index contributed by atoms with van der Waals surface area (Å²) in [6.45, 7) is 0.922. The number of rotatable bonds is 7. The predicted molar refractivity (Wildman–Crippen MR) is 112 cm³/mol. The fourth-order valence-corrected chi connectivity index (χ4v) is 3.95. The summed E-state index contributed by atoms with van der Waals surface area (Å²) < 4.78 is 13.3. The second kappa shape index (κ2) is 9.65. The molecular formula is C23H28FN3O2. The van der Waals surface area contributed by atoms with Gasteiger partial charge in [0.05, 0.1) is 0 Å². The largest absolute Gasteiger partial charge is 0.352 e. The van der Waals surface area contributed by atoms with Crippen LogP contribution in [0, 0.1) is 11.2 Å². The van der Waals surface area contributed by atoms with Crippen LogP contribution in [0.4, 0.5) is 10.1 Å². The Morgan fingerprint density at radius 2 is 1.79 bits per heavy atom. The minimum absolute atomic E-state index is 0.00606. The van der Waals surface area contributed by atoms with E-state index in [1.54, 1.807) is 18.2 Å². The lowest BCUT2D eigenvalue weighted by Gasteiger charge is -2.35. The van der Waals surface area contributed by atoms with E-state index in [2.05, 4.69) is 10.6 Å². The molecule has 1 fully saturated rings. The molecule has 0 aliphatic heterocycles. The third kappa shape index (κ3) is 5.87. The summed E-state index contributed by atoms with van der Waals surface area (Å²) in [5, 5.41) is 5.73. The maximum absolute atomic E-state index is 13.3. The lowest BCUT2D eigenvalue weighted by atomic mass is 9.71.